The Morgan fingerprint density at radius 1 is 0.314 bits per heavy atom. The molecule has 21 rings (SSSR count). The monoisotopic (exact) mass is 1600 g/mol. The highest BCUT2D eigenvalue weighted by Gasteiger charge is 2.37. The molecule has 598 valence electrons. The lowest BCUT2D eigenvalue weighted by molar-refractivity contribution is -0.665. The normalized spacial score (nSPS) is 12.2. The lowest BCUT2D eigenvalue weighted by Crippen LogP contribution is -2.35. The summed E-state index contributed by atoms with van der Waals surface area (Å²) in [7, 11) is 10.8. The lowest BCUT2D eigenvalue weighted by atomic mass is 9.81. The molecule has 8 heteroatoms. The highest BCUT2D eigenvalue weighted by molar-refractivity contribution is 7.17. The minimum Gasteiger partial charge on any atom is -0.464 e. The summed E-state index contributed by atoms with van der Waals surface area (Å²) in [5, 5.41) is 20.2. The van der Waals surface area contributed by atoms with Crippen LogP contribution in [0.4, 0.5) is 0 Å². The third-order valence-electron chi connectivity index (χ3n) is 26.1. The van der Waals surface area contributed by atoms with Crippen LogP contribution in [0, 0.1) is 76.2 Å². The van der Waals surface area contributed by atoms with E-state index >= 15 is 0 Å². The molecule has 0 spiro atoms. The van der Waals surface area contributed by atoms with Crippen molar-refractivity contribution in [3.05, 3.63) is 364 Å². The van der Waals surface area contributed by atoms with Gasteiger partial charge in [-0.05, 0) is 246 Å². The second-order valence-corrected chi connectivity index (χ2v) is 35.3. The van der Waals surface area contributed by atoms with Crippen molar-refractivity contribution in [3.63, 3.8) is 0 Å². The summed E-state index contributed by atoms with van der Waals surface area (Å²) in [4.78, 5) is 0. The molecule has 0 saturated heterocycles. The van der Waals surface area contributed by atoms with Gasteiger partial charge in [-0.2, -0.15) is 22.8 Å². The Morgan fingerprint density at radius 3 is 1.20 bits per heavy atom. The number of aryl methyl sites for hydroxylation is 10. The molecule has 0 unspecified atom stereocenters. The smallest absolute Gasteiger partial charge is 0.220 e. The Bertz CT molecular complexity index is 7450. The molecule has 7 nitrogen and oxygen atoms in total. The minimum atomic E-state index is 0.0204. The number of para-hydroxylation sites is 1. The van der Waals surface area contributed by atoms with Crippen molar-refractivity contribution in [2.24, 2.45) is 35.2 Å². The van der Waals surface area contributed by atoms with E-state index < -0.39 is 0 Å². The number of fused-ring (bicyclic) bond motifs is 13. The van der Waals surface area contributed by atoms with E-state index in [2.05, 4.69) is 427 Å². The molecule has 1 aliphatic carbocycles. The van der Waals surface area contributed by atoms with Crippen LogP contribution in [0.1, 0.15) is 108 Å². The Balaban J connectivity index is 0.000000109. The second kappa shape index (κ2) is 32.3. The van der Waals surface area contributed by atoms with Crippen molar-refractivity contribution in [3.8, 4) is 67.4 Å². The van der Waals surface area contributed by atoms with Crippen LogP contribution in [0.25, 0.3) is 164 Å². The van der Waals surface area contributed by atoms with Crippen molar-refractivity contribution in [1.29, 1.82) is 0 Å². The van der Waals surface area contributed by atoms with Gasteiger partial charge >= 0.3 is 0 Å². The Labute approximate surface area is 718 Å². The van der Waals surface area contributed by atoms with Gasteiger partial charge in [0.25, 0.3) is 0 Å². The maximum atomic E-state index is 8.05. The van der Waals surface area contributed by atoms with E-state index in [9.17, 15) is 0 Å². The van der Waals surface area contributed by atoms with E-state index in [1.807, 2.05) is 29.5 Å². The molecule has 8 heterocycles. The Hall–Kier alpha value is -13.0. The fourth-order valence-corrected chi connectivity index (χ4v) is 19.8. The first-order valence-corrected chi connectivity index (χ1v) is 43.3. The van der Waals surface area contributed by atoms with Crippen molar-refractivity contribution in [1.82, 2.24) is 4.57 Å². The largest absolute Gasteiger partial charge is 0.464 e. The minimum absolute atomic E-state index is 0.0204. The Kier molecular flexibility index (Phi) is 21.1. The maximum Gasteiger partial charge on any atom is 0.220 e. The van der Waals surface area contributed by atoms with Gasteiger partial charge < -0.3 is 8.98 Å². The number of benzene rings is 12. The van der Waals surface area contributed by atoms with E-state index in [-0.39, 0.29) is 5.41 Å². The molecule has 0 fully saturated rings. The molecule has 1 aliphatic rings. The predicted octanol–water partition coefficient (Wildman–Crippen LogP) is 27.0. The zero-order valence-corrected chi connectivity index (χ0v) is 74.5. The molecule has 0 amide bonds. The van der Waals surface area contributed by atoms with Crippen LogP contribution in [-0.2, 0) is 40.7 Å². The molecule has 0 radical (unpaired) electrons. The van der Waals surface area contributed by atoms with E-state index in [0.29, 0.717) is 12.1 Å². The van der Waals surface area contributed by atoms with Gasteiger partial charge in [0.1, 0.15) is 40.8 Å². The topological polar surface area (TPSA) is 37.5 Å². The van der Waals surface area contributed by atoms with Crippen LogP contribution in [0.5, 0.6) is 0 Å². The highest BCUT2D eigenvalue weighted by atomic mass is 32.1. The second-order valence-electron chi connectivity index (χ2n) is 34.4. The third kappa shape index (κ3) is 14.4. The molecule has 20 aromatic rings. The van der Waals surface area contributed by atoms with Crippen LogP contribution in [0.2, 0.25) is 0 Å². The summed E-state index contributed by atoms with van der Waals surface area (Å²) in [5.41, 5.74) is 35.9. The fraction of sp³-hybridized carbons (Fsp3) is 0.195. The van der Waals surface area contributed by atoms with Crippen molar-refractivity contribution in [2.75, 3.05) is 0 Å². The number of thiophene rings is 1. The van der Waals surface area contributed by atoms with E-state index in [1.165, 1.54) is 221 Å². The number of hydrogen-bond acceptors (Lipinski definition) is 2. The molecular formula is C113H109N6OS+5. The van der Waals surface area contributed by atoms with Gasteiger partial charge in [0.15, 0.2) is 28.5 Å². The first-order valence-electron chi connectivity index (χ1n) is 42.9. The number of rotatable bonds is 6. The standard InChI is InChI=1S/C27H27N2.C27H26N.C20H18NO.C20H18NS.C19H20N/c1-17(2)29-25-13-9-8-12-22(25)24-14-18(3)23(16-26(24)29)27-21-11-7-6-10-20(21)15-19(4)28(27)5;1-17-14-23-21-12-8-9-13-24(21)27(3,4)25(23)16-22(17)26-20-11-7-6-10-19(20)15-18(2)28(26)5;2*1-13-10-16-8-9-22-19(16)12-18(13)20-17-7-5-4-6-15(17)11-14(2)21(20)3;1-13-8-7-11-17(15(13)3)19-18-10-6-5-9-16(18)12-14(2)20(19)4/h6-17H,1-5H3;6-16H,1-5H3;2*4-12H,1-3H3;5-12H,1-4H3/q5*+1/i;;;;7D. The molecule has 0 N–H and O–H groups in total. The van der Waals surface area contributed by atoms with Crippen molar-refractivity contribution < 1.29 is 28.6 Å². The van der Waals surface area contributed by atoms with Gasteiger partial charge in [0.05, 0.1) is 62.3 Å². The van der Waals surface area contributed by atoms with E-state index in [4.69, 9.17) is 5.79 Å². The lowest BCUT2D eigenvalue weighted by Gasteiger charge is -2.22. The summed E-state index contributed by atoms with van der Waals surface area (Å²) in [6, 6.07) is 99.8. The average Bonchev–Trinajstić information content (AvgIpc) is 1.56. The maximum absolute atomic E-state index is 8.05. The van der Waals surface area contributed by atoms with Crippen LogP contribution in [0.15, 0.2) is 295 Å². The summed E-state index contributed by atoms with van der Waals surface area (Å²) >= 11 is 1.81. The average molecular weight is 1600 g/mol. The fourth-order valence-electron chi connectivity index (χ4n) is 19.0. The molecule has 8 aromatic heterocycles. The van der Waals surface area contributed by atoms with Crippen LogP contribution >= 0.6 is 11.3 Å². The summed E-state index contributed by atoms with van der Waals surface area (Å²) in [5.74, 6) is 0. The van der Waals surface area contributed by atoms with E-state index in [1.54, 1.807) is 6.26 Å². The van der Waals surface area contributed by atoms with Gasteiger partial charge in [0, 0.05) is 108 Å². The van der Waals surface area contributed by atoms with Gasteiger partial charge in [-0.25, -0.2) is 0 Å². The van der Waals surface area contributed by atoms with Crippen LogP contribution in [-0.4, -0.2) is 4.57 Å². The van der Waals surface area contributed by atoms with Gasteiger partial charge in [-0.3, -0.25) is 0 Å². The number of furan rings is 1. The first-order chi connectivity index (χ1) is 58.6. The molecule has 0 atom stereocenters. The zero-order chi connectivity index (χ0) is 85.6. The van der Waals surface area contributed by atoms with Crippen LogP contribution in [0.3, 0.4) is 0 Å². The van der Waals surface area contributed by atoms with Gasteiger partial charge in [-0.1, -0.05) is 165 Å². The molecule has 0 bridgehead atoms. The summed E-state index contributed by atoms with van der Waals surface area (Å²) < 4.78 is 29.0. The van der Waals surface area contributed by atoms with Gasteiger partial charge in [-0.15, -0.1) is 11.3 Å². The quantitative estimate of drug-likeness (QED) is 0.153. The number of pyridine rings is 5. The molecule has 121 heavy (non-hydrogen) atoms. The number of nitrogens with zero attached hydrogens (tertiary/aromatic N) is 6. The number of aromatic nitrogens is 6. The molecular weight excluding hydrogens is 1490 g/mol. The first kappa shape index (κ1) is 79.1. The molecule has 0 aliphatic heterocycles. The molecule has 0 saturated carbocycles. The third-order valence-corrected chi connectivity index (χ3v) is 27.0. The SMILES string of the molecule is Cc1cc2c(cc1-c1c3ccccc3cc(C)[n+]1C)C(C)(C)c1ccccc1-2.Cc1cc2c3ccccc3n(C(C)C)c2cc1-c1c2ccccc2cc(C)[n+]1C.Cc1cc2ccoc2cc1-c1c2ccccc2cc(C)[n+]1C.Cc1cc2ccsc2cc1-c1c2ccccc2cc(C)[n+]1C.[2H]c1cc(C)c(C)c(-c2c3ccccc3cc(C)[n+]2C)c1. The van der Waals surface area contributed by atoms with Crippen molar-refractivity contribution in [2.45, 2.75) is 115 Å². The number of hydrogen-bond donors (Lipinski definition) is 0. The molecule has 12 aromatic carbocycles. The highest BCUT2D eigenvalue weighted by Crippen LogP contribution is 2.51. The summed E-state index contributed by atoms with van der Waals surface area (Å²) in [6.07, 6.45) is 1.75. The van der Waals surface area contributed by atoms with Gasteiger partial charge in [0.2, 0.25) is 28.5 Å². The van der Waals surface area contributed by atoms with Crippen molar-refractivity contribution >= 4 is 108 Å². The van der Waals surface area contributed by atoms with Crippen LogP contribution < -0.4 is 22.8 Å². The zero-order valence-electron chi connectivity index (χ0n) is 74.7. The van der Waals surface area contributed by atoms with E-state index in [0.717, 1.165) is 16.5 Å². The predicted molar refractivity (Wildman–Crippen MR) is 511 cm³/mol. The Morgan fingerprint density at radius 2 is 0.711 bits per heavy atom. The summed E-state index contributed by atoms with van der Waals surface area (Å²) in [6.45, 7) is 33.2.